The number of carbonyl (C=O) groups excluding carboxylic acids is 1. The van der Waals surface area contributed by atoms with E-state index in [0.717, 1.165) is 30.2 Å². The molecule has 1 aromatic heterocycles. The van der Waals surface area contributed by atoms with Crippen molar-refractivity contribution in [2.75, 3.05) is 7.11 Å². The van der Waals surface area contributed by atoms with Gasteiger partial charge in [0.15, 0.2) is 5.76 Å². The molecule has 1 N–H and O–H groups in total. The van der Waals surface area contributed by atoms with E-state index >= 15 is 0 Å². The number of carbonyl (C=O) groups is 1. The Hall–Kier alpha value is -3.05. The van der Waals surface area contributed by atoms with E-state index in [0.29, 0.717) is 18.2 Å². The smallest absolute Gasteiger partial charge is 0.287 e. The minimum absolute atomic E-state index is 0.0868. The van der Waals surface area contributed by atoms with Crippen LogP contribution in [0, 0.1) is 5.92 Å². The molecule has 0 bridgehead atoms. The molecule has 0 fully saturated rings. The number of hydrogen-bond donors (Lipinski definition) is 1. The van der Waals surface area contributed by atoms with E-state index in [2.05, 4.69) is 42.3 Å². The van der Waals surface area contributed by atoms with Crippen LogP contribution in [0.5, 0.6) is 5.75 Å². The van der Waals surface area contributed by atoms with Gasteiger partial charge in [0.05, 0.1) is 13.7 Å². The Labute approximate surface area is 185 Å². The molecule has 1 unspecified atom stereocenters. The molecule has 164 valence electrons. The van der Waals surface area contributed by atoms with Gasteiger partial charge in [0.25, 0.3) is 5.91 Å². The molecule has 0 saturated carbocycles. The minimum Gasteiger partial charge on any atom is -0.497 e. The summed E-state index contributed by atoms with van der Waals surface area (Å²) in [7, 11) is 1.68. The summed E-state index contributed by atoms with van der Waals surface area (Å²) in [4.78, 5) is 14.8. The molecule has 3 aromatic rings. The summed E-state index contributed by atoms with van der Waals surface area (Å²) in [6.45, 7) is 8.27. The third-order valence-corrected chi connectivity index (χ3v) is 5.41. The van der Waals surface area contributed by atoms with E-state index in [-0.39, 0.29) is 11.9 Å². The van der Waals surface area contributed by atoms with Crippen molar-refractivity contribution in [3.8, 4) is 5.75 Å². The molecule has 3 rings (SSSR count). The molecule has 0 radical (unpaired) electrons. The zero-order valence-electron chi connectivity index (χ0n) is 18.8. The lowest BCUT2D eigenvalue weighted by Crippen LogP contribution is -2.35. The van der Waals surface area contributed by atoms with Gasteiger partial charge in [-0.3, -0.25) is 9.69 Å². The maximum absolute atomic E-state index is 12.5. The second-order valence-corrected chi connectivity index (χ2v) is 8.25. The van der Waals surface area contributed by atoms with Crippen molar-refractivity contribution in [1.82, 2.24) is 10.2 Å². The van der Waals surface area contributed by atoms with E-state index in [4.69, 9.17) is 9.15 Å². The number of furan rings is 1. The van der Waals surface area contributed by atoms with Gasteiger partial charge in [-0.2, -0.15) is 0 Å². The van der Waals surface area contributed by atoms with Crippen molar-refractivity contribution in [2.24, 2.45) is 5.92 Å². The molecule has 5 heteroatoms. The molecular weight excluding hydrogens is 388 g/mol. The zero-order chi connectivity index (χ0) is 22.2. The van der Waals surface area contributed by atoms with E-state index in [1.54, 1.807) is 13.2 Å². The van der Waals surface area contributed by atoms with E-state index in [1.807, 2.05) is 49.4 Å². The van der Waals surface area contributed by atoms with Gasteiger partial charge in [-0.1, -0.05) is 56.3 Å². The largest absolute Gasteiger partial charge is 0.497 e. The standard InChI is InChI=1S/C26H32N2O3/c1-19(2)20(3)27-26(29)25-14-13-24(31-25)18-28(16-21-9-6-5-7-10-21)17-22-11-8-12-23(15-22)30-4/h5-15,19-20H,16-18H2,1-4H3,(H,27,29). The van der Waals surface area contributed by atoms with Crippen molar-refractivity contribution < 1.29 is 13.9 Å². The van der Waals surface area contributed by atoms with E-state index in [9.17, 15) is 4.79 Å². The van der Waals surface area contributed by atoms with Crippen LogP contribution in [-0.4, -0.2) is 24.0 Å². The van der Waals surface area contributed by atoms with Gasteiger partial charge in [0.2, 0.25) is 0 Å². The van der Waals surface area contributed by atoms with Crippen molar-refractivity contribution >= 4 is 5.91 Å². The monoisotopic (exact) mass is 420 g/mol. The SMILES string of the molecule is COc1cccc(CN(Cc2ccccc2)Cc2ccc(C(=O)NC(C)C(C)C)o2)c1. The highest BCUT2D eigenvalue weighted by molar-refractivity contribution is 5.91. The summed E-state index contributed by atoms with van der Waals surface area (Å²) in [5, 5.41) is 2.99. The maximum Gasteiger partial charge on any atom is 0.287 e. The summed E-state index contributed by atoms with van der Waals surface area (Å²) in [6.07, 6.45) is 0. The fraction of sp³-hybridized carbons (Fsp3) is 0.346. The highest BCUT2D eigenvalue weighted by Crippen LogP contribution is 2.19. The molecule has 1 atom stereocenters. The molecule has 0 aliphatic rings. The molecule has 5 nitrogen and oxygen atoms in total. The number of benzene rings is 2. The maximum atomic E-state index is 12.5. The average Bonchev–Trinajstić information content (AvgIpc) is 3.23. The predicted octanol–water partition coefficient (Wildman–Crippen LogP) is 5.26. The average molecular weight is 421 g/mol. The molecule has 0 aliphatic heterocycles. The van der Waals surface area contributed by atoms with Crippen LogP contribution in [0.25, 0.3) is 0 Å². The molecule has 0 aliphatic carbocycles. The Morgan fingerprint density at radius 1 is 0.935 bits per heavy atom. The molecular formula is C26H32N2O3. The lowest BCUT2D eigenvalue weighted by molar-refractivity contribution is 0.0898. The lowest BCUT2D eigenvalue weighted by Gasteiger charge is -2.22. The van der Waals surface area contributed by atoms with Gasteiger partial charge >= 0.3 is 0 Å². The third kappa shape index (κ3) is 6.72. The van der Waals surface area contributed by atoms with Crippen LogP contribution in [0.15, 0.2) is 71.1 Å². The van der Waals surface area contributed by atoms with Gasteiger partial charge in [0.1, 0.15) is 11.5 Å². The Balaban J connectivity index is 1.73. The third-order valence-electron chi connectivity index (χ3n) is 5.41. The highest BCUT2D eigenvalue weighted by atomic mass is 16.5. The van der Waals surface area contributed by atoms with E-state index < -0.39 is 0 Å². The first-order valence-corrected chi connectivity index (χ1v) is 10.7. The van der Waals surface area contributed by atoms with Crippen molar-refractivity contribution in [3.05, 3.63) is 89.4 Å². The molecule has 0 spiro atoms. The van der Waals surface area contributed by atoms with Crippen molar-refractivity contribution in [2.45, 2.75) is 46.4 Å². The number of ether oxygens (including phenoxy) is 1. The predicted molar refractivity (Wildman–Crippen MR) is 123 cm³/mol. The minimum atomic E-state index is -0.171. The quantitative estimate of drug-likeness (QED) is 0.486. The Morgan fingerprint density at radius 2 is 1.65 bits per heavy atom. The normalized spacial score (nSPS) is 12.2. The Bertz CT molecular complexity index is 966. The zero-order valence-corrected chi connectivity index (χ0v) is 18.8. The molecule has 1 amide bonds. The van der Waals surface area contributed by atoms with Crippen LogP contribution >= 0.6 is 0 Å². The van der Waals surface area contributed by atoms with Crippen LogP contribution in [0.3, 0.4) is 0 Å². The Kier molecular flexibility index (Phi) is 7.90. The first-order valence-electron chi connectivity index (χ1n) is 10.7. The summed E-state index contributed by atoms with van der Waals surface area (Å²) in [6, 6.07) is 22.2. The fourth-order valence-corrected chi connectivity index (χ4v) is 3.29. The summed E-state index contributed by atoms with van der Waals surface area (Å²) in [5.41, 5.74) is 2.38. The van der Waals surface area contributed by atoms with Crippen LogP contribution in [0.1, 0.15) is 48.2 Å². The van der Waals surface area contributed by atoms with Gasteiger partial charge in [0, 0.05) is 19.1 Å². The topological polar surface area (TPSA) is 54.7 Å². The molecule has 0 saturated heterocycles. The second-order valence-electron chi connectivity index (χ2n) is 8.25. The number of rotatable bonds is 10. The van der Waals surface area contributed by atoms with Crippen LogP contribution in [0.2, 0.25) is 0 Å². The van der Waals surface area contributed by atoms with Crippen LogP contribution in [-0.2, 0) is 19.6 Å². The van der Waals surface area contributed by atoms with Crippen LogP contribution < -0.4 is 10.1 Å². The van der Waals surface area contributed by atoms with Gasteiger partial charge in [-0.25, -0.2) is 0 Å². The fourth-order valence-electron chi connectivity index (χ4n) is 3.29. The number of nitrogens with zero attached hydrogens (tertiary/aromatic N) is 1. The molecule has 31 heavy (non-hydrogen) atoms. The number of amides is 1. The summed E-state index contributed by atoms with van der Waals surface area (Å²) >= 11 is 0. The Morgan fingerprint density at radius 3 is 2.35 bits per heavy atom. The number of hydrogen-bond acceptors (Lipinski definition) is 4. The second kappa shape index (κ2) is 10.8. The number of methoxy groups -OCH3 is 1. The summed E-state index contributed by atoms with van der Waals surface area (Å²) in [5.74, 6) is 2.15. The highest BCUT2D eigenvalue weighted by Gasteiger charge is 2.17. The first-order chi connectivity index (χ1) is 14.9. The lowest BCUT2D eigenvalue weighted by atomic mass is 10.1. The van der Waals surface area contributed by atoms with Gasteiger partial charge < -0.3 is 14.5 Å². The van der Waals surface area contributed by atoms with Gasteiger partial charge in [-0.05, 0) is 48.2 Å². The molecule has 2 aromatic carbocycles. The van der Waals surface area contributed by atoms with E-state index in [1.165, 1.54) is 5.56 Å². The van der Waals surface area contributed by atoms with Gasteiger partial charge in [-0.15, -0.1) is 0 Å². The summed E-state index contributed by atoms with van der Waals surface area (Å²) < 4.78 is 11.3. The van der Waals surface area contributed by atoms with Crippen molar-refractivity contribution in [3.63, 3.8) is 0 Å². The first kappa shape index (κ1) is 22.6. The number of nitrogens with one attached hydrogen (secondary N) is 1. The van der Waals surface area contributed by atoms with Crippen LogP contribution in [0.4, 0.5) is 0 Å². The van der Waals surface area contributed by atoms with Crippen molar-refractivity contribution in [1.29, 1.82) is 0 Å². The molecule has 1 heterocycles.